The third kappa shape index (κ3) is 2.58. The third-order valence-corrected chi connectivity index (χ3v) is 3.36. The first-order valence-corrected chi connectivity index (χ1v) is 6.00. The van der Waals surface area contributed by atoms with Crippen LogP contribution in [0.2, 0.25) is 0 Å². The van der Waals surface area contributed by atoms with Gasteiger partial charge < -0.3 is 4.90 Å². The molecule has 0 amide bonds. The second-order valence-corrected chi connectivity index (χ2v) is 5.90. The maximum absolute atomic E-state index is 10.7. The summed E-state index contributed by atoms with van der Waals surface area (Å²) in [5, 5.41) is 0. The molecule has 0 aliphatic carbocycles. The van der Waals surface area contributed by atoms with Gasteiger partial charge in [0.15, 0.2) is 0 Å². The third-order valence-electron chi connectivity index (χ3n) is 1.86. The highest BCUT2D eigenvalue weighted by Gasteiger charge is 2.34. The molecule has 4 nitrogen and oxygen atoms in total. The molecule has 0 saturated carbocycles. The van der Waals surface area contributed by atoms with Crippen LogP contribution < -0.4 is 0 Å². The molecule has 1 heterocycles. The van der Waals surface area contributed by atoms with E-state index in [9.17, 15) is 8.42 Å². The standard InChI is InChI=1S/C6H13ClN2O2S/c1-8(2)3-6-4-9(5-6)12(7,10)11/h6H,3-5H2,1-2H3. The molecular weight excluding hydrogens is 200 g/mol. The molecular formula is C6H13ClN2O2S. The van der Waals surface area contributed by atoms with E-state index >= 15 is 0 Å². The van der Waals surface area contributed by atoms with Crippen molar-refractivity contribution in [3.8, 4) is 0 Å². The Kier molecular flexibility index (Phi) is 2.98. The van der Waals surface area contributed by atoms with Crippen LogP contribution in [-0.4, -0.2) is 51.4 Å². The average Bonchev–Trinajstić information content (AvgIpc) is 1.73. The number of hydrogen-bond acceptors (Lipinski definition) is 3. The van der Waals surface area contributed by atoms with Gasteiger partial charge in [-0.3, -0.25) is 0 Å². The van der Waals surface area contributed by atoms with Gasteiger partial charge in [-0.1, -0.05) is 0 Å². The molecule has 1 rings (SSSR count). The summed E-state index contributed by atoms with van der Waals surface area (Å²) in [5.74, 6) is 0.438. The van der Waals surface area contributed by atoms with E-state index in [2.05, 4.69) is 0 Å². The molecule has 0 aromatic rings. The van der Waals surface area contributed by atoms with Gasteiger partial charge in [0.2, 0.25) is 0 Å². The Hall–Kier alpha value is 0.160. The van der Waals surface area contributed by atoms with Gasteiger partial charge in [-0.15, -0.1) is 0 Å². The van der Waals surface area contributed by atoms with Crippen LogP contribution in [0.15, 0.2) is 0 Å². The van der Waals surface area contributed by atoms with Crippen molar-refractivity contribution in [3.63, 3.8) is 0 Å². The van der Waals surface area contributed by atoms with Crippen LogP contribution in [0, 0.1) is 5.92 Å². The molecule has 0 spiro atoms. The van der Waals surface area contributed by atoms with Gasteiger partial charge in [0.25, 0.3) is 9.24 Å². The normalized spacial score (nSPS) is 21.3. The fourth-order valence-electron chi connectivity index (χ4n) is 1.33. The van der Waals surface area contributed by atoms with Crippen LogP contribution in [-0.2, 0) is 9.24 Å². The highest BCUT2D eigenvalue weighted by atomic mass is 35.7. The Bertz CT molecular complexity index is 246. The van der Waals surface area contributed by atoms with E-state index in [1.54, 1.807) is 0 Å². The van der Waals surface area contributed by atoms with E-state index in [1.165, 1.54) is 4.31 Å². The van der Waals surface area contributed by atoms with Crippen LogP contribution in [0.3, 0.4) is 0 Å². The highest BCUT2D eigenvalue weighted by Crippen LogP contribution is 2.21. The van der Waals surface area contributed by atoms with Crippen LogP contribution in [0.5, 0.6) is 0 Å². The summed E-state index contributed by atoms with van der Waals surface area (Å²) in [5.41, 5.74) is 0. The molecule has 1 aliphatic rings. The smallest absolute Gasteiger partial charge is 0.299 e. The van der Waals surface area contributed by atoms with Crippen LogP contribution in [0.1, 0.15) is 0 Å². The van der Waals surface area contributed by atoms with Crippen LogP contribution >= 0.6 is 10.7 Å². The number of rotatable bonds is 3. The molecule has 0 N–H and O–H groups in total. The highest BCUT2D eigenvalue weighted by molar-refractivity contribution is 8.11. The largest absolute Gasteiger partial charge is 0.309 e. The zero-order chi connectivity index (χ0) is 9.35. The second-order valence-electron chi connectivity index (χ2n) is 3.39. The van der Waals surface area contributed by atoms with Crippen molar-refractivity contribution >= 4 is 19.9 Å². The number of hydrogen-bond donors (Lipinski definition) is 0. The molecule has 12 heavy (non-hydrogen) atoms. The Morgan fingerprint density at radius 1 is 1.50 bits per heavy atom. The molecule has 0 unspecified atom stereocenters. The first-order valence-electron chi connectivity index (χ1n) is 3.74. The zero-order valence-corrected chi connectivity index (χ0v) is 8.77. The van der Waals surface area contributed by atoms with Gasteiger partial charge in [0, 0.05) is 30.3 Å². The Morgan fingerprint density at radius 2 is 2.00 bits per heavy atom. The van der Waals surface area contributed by atoms with Crippen molar-refractivity contribution in [1.82, 2.24) is 9.21 Å². The van der Waals surface area contributed by atoms with Crippen molar-refractivity contribution in [2.75, 3.05) is 33.7 Å². The molecule has 0 bridgehead atoms. The van der Waals surface area contributed by atoms with Crippen LogP contribution in [0.4, 0.5) is 0 Å². The minimum Gasteiger partial charge on any atom is -0.309 e. The summed E-state index contributed by atoms with van der Waals surface area (Å²) in [6, 6.07) is 0. The summed E-state index contributed by atoms with van der Waals surface area (Å²) in [6.07, 6.45) is 0. The van der Waals surface area contributed by atoms with Gasteiger partial charge >= 0.3 is 0 Å². The summed E-state index contributed by atoms with van der Waals surface area (Å²) in [6.45, 7) is 2.04. The van der Waals surface area contributed by atoms with Crippen LogP contribution in [0.25, 0.3) is 0 Å². The number of halogens is 1. The van der Waals surface area contributed by atoms with Crippen molar-refractivity contribution in [1.29, 1.82) is 0 Å². The van der Waals surface area contributed by atoms with E-state index in [-0.39, 0.29) is 0 Å². The molecule has 1 aliphatic heterocycles. The Balaban J connectivity index is 2.30. The molecule has 1 saturated heterocycles. The monoisotopic (exact) mass is 212 g/mol. The maximum atomic E-state index is 10.7. The minimum absolute atomic E-state index is 0.438. The van der Waals surface area contributed by atoms with E-state index in [0.717, 1.165) is 6.54 Å². The summed E-state index contributed by atoms with van der Waals surface area (Å²) >= 11 is 0. The Morgan fingerprint density at radius 3 is 2.33 bits per heavy atom. The summed E-state index contributed by atoms with van der Waals surface area (Å²) < 4.78 is 22.7. The van der Waals surface area contributed by atoms with Gasteiger partial charge in [-0.2, -0.15) is 12.7 Å². The van der Waals surface area contributed by atoms with E-state index in [0.29, 0.717) is 19.0 Å². The maximum Gasteiger partial charge on any atom is 0.299 e. The fraction of sp³-hybridized carbons (Fsp3) is 1.00. The van der Waals surface area contributed by atoms with Gasteiger partial charge in [0.1, 0.15) is 0 Å². The zero-order valence-electron chi connectivity index (χ0n) is 7.20. The molecule has 72 valence electrons. The molecule has 0 atom stereocenters. The lowest BCUT2D eigenvalue weighted by Crippen LogP contribution is -2.51. The van der Waals surface area contributed by atoms with Crippen molar-refractivity contribution in [2.45, 2.75) is 0 Å². The first kappa shape index (κ1) is 10.2. The summed E-state index contributed by atoms with van der Waals surface area (Å²) in [4.78, 5) is 2.04. The fourth-order valence-corrected chi connectivity index (χ4v) is 2.45. The van der Waals surface area contributed by atoms with Gasteiger partial charge in [-0.05, 0) is 20.0 Å². The van der Waals surface area contributed by atoms with E-state index < -0.39 is 9.24 Å². The number of nitrogens with zero attached hydrogens (tertiary/aromatic N) is 2. The lowest BCUT2D eigenvalue weighted by Gasteiger charge is -2.37. The Labute approximate surface area is 77.6 Å². The van der Waals surface area contributed by atoms with Crippen molar-refractivity contribution in [3.05, 3.63) is 0 Å². The van der Waals surface area contributed by atoms with Gasteiger partial charge in [-0.25, -0.2) is 0 Å². The van der Waals surface area contributed by atoms with Gasteiger partial charge in [0.05, 0.1) is 0 Å². The molecule has 0 aromatic heterocycles. The molecule has 0 aromatic carbocycles. The van der Waals surface area contributed by atoms with Crippen molar-refractivity contribution in [2.24, 2.45) is 5.92 Å². The molecule has 0 radical (unpaired) electrons. The topological polar surface area (TPSA) is 40.6 Å². The van der Waals surface area contributed by atoms with E-state index in [4.69, 9.17) is 10.7 Å². The predicted molar refractivity (Wildman–Crippen MR) is 48.4 cm³/mol. The molecule has 1 fully saturated rings. The predicted octanol–water partition coefficient (Wildman–Crippen LogP) is -0.0366. The lowest BCUT2D eigenvalue weighted by atomic mass is 10.0. The summed E-state index contributed by atoms with van der Waals surface area (Å²) in [7, 11) is 5.61. The molecule has 6 heteroatoms. The van der Waals surface area contributed by atoms with E-state index in [1.807, 2.05) is 19.0 Å². The average molecular weight is 213 g/mol. The first-order chi connectivity index (χ1) is 5.39. The SMILES string of the molecule is CN(C)CC1CN(S(=O)(=O)Cl)C1. The second kappa shape index (κ2) is 3.49. The van der Waals surface area contributed by atoms with Crippen molar-refractivity contribution < 1.29 is 8.42 Å². The lowest BCUT2D eigenvalue weighted by molar-refractivity contribution is 0.163. The minimum atomic E-state index is -3.45. The quantitative estimate of drug-likeness (QED) is 0.617.